The van der Waals surface area contributed by atoms with E-state index in [1.54, 1.807) is 18.0 Å². The Morgan fingerprint density at radius 3 is 2.95 bits per heavy atom. The lowest BCUT2D eigenvalue weighted by Gasteiger charge is -2.15. The lowest BCUT2D eigenvalue weighted by Crippen LogP contribution is -2.36. The predicted molar refractivity (Wildman–Crippen MR) is 88.7 cm³/mol. The number of nitrogens with zero attached hydrogens (tertiary/aromatic N) is 1. The highest BCUT2D eigenvalue weighted by Gasteiger charge is 2.20. The highest BCUT2D eigenvalue weighted by molar-refractivity contribution is 7.98. The minimum Gasteiger partial charge on any atom is -0.397 e. The summed E-state index contributed by atoms with van der Waals surface area (Å²) in [6, 6.07) is 2.09. The molecule has 1 atom stereocenters. The summed E-state index contributed by atoms with van der Waals surface area (Å²) in [7, 11) is 0. The Morgan fingerprint density at radius 2 is 2.35 bits per heavy atom. The summed E-state index contributed by atoms with van der Waals surface area (Å²) in [4.78, 5) is 18.1. The number of carbonyl (C=O) groups excluding carboxylic acids is 1. The first-order chi connectivity index (χ1) is 9.58. The maximum absolute atomic E-state index is 12.4. The first kappa shape index (κ1) is 15.1. The third kappa shape index (κ3) is 2.91. The van der Waals surface area contributed by atoms with Crippen molar-refractivity contribution in [2.75, 3.05) is 17.7 Å². The normalized spacial score (nSPS) is 12.6. The molecule has 0 saturated carbocycles. The molecule has 0 spiro atoms. The van der Waals surface area contributed by atoms with E-state index in [4.69, 9.17) is 5.73 Å². The average molecular weight is 309 g/mol. The molecular formula is C14H19N3OS2. The van der Waals surface area contributed by atoms with Gasteiger partial charge >= 0.3 is 0 Å². The number of hydrogen-bond donors (Lipinski definition) is 2. The Morgan fingerprint density at radius 1 is 1.60 bits per heavy atom. The number of aryl methyl sites for hydroxylation is 1. The van der Waals surface area contributed by atoms with Gasteiger partial charge in [-0.15, -0.1) is 11.3 Å². The van der Waals surface area contributed by atoms with E-state index in [1.165, 1.54) is 11.3 Å². The van der Waals surface area contributed by atoms with Crippen molar-refractivity contribution in [3.05, 3.63) is 22.7 Å². The topological polar surface area (TPSA) is 68.0 Å². The molecule has 20 heavy (non-hydrogen) atoms. The van der Waals surface area contributed by atoms with E-state index >= 15 is 0 Å². The molecule has 3 N–H and O–H groups in total. The number of pyridine rings is 1. The molecule has 2 aromatic rings. The molecule has 0 radical (unpaired) electrons. The van der Waals surface area contributed by atoms with E-state index in [9.17, 15) is 4.79 Å². The van der Waals surface area contributed by atoms with E-state index in [2.05, 4.69) is 17.2 Å². The van der Waals surface area contributed by atoms with Crippen LogP contribution in [0, 0.1) is 6.92 Å². The second-order valence-corrected chi connectivity index (χ2v) is 6.60. The third-order valence-corrected chi connectivity index (χ3v) is 5.09. The Bertz CT molecular complexity index is 624. The molecule has 0 bridgehead atoms. The van der Waals surface area contributed by atoms with Crippen LogP contribution in [0.2, 0.25) is 0 Å². The second kappa shape index (κ2) is 6.45. The molecule has 0 aliphatic heterocycles. The molecule has 0 aliphatic carbocycles. The highest BCUT2D eigenvalue weighted by atomic mass is 32.2. The third-order valence-electron chi connectivity index (χ3n) is 3.24. The molecule has 0 saturated heterocycles. The molecule has 6 heteroatoms. The summed E-state index contributed by atoms with van der Waals surface area (Å²) < 4.78 is 0. The lowest BCUT2D eigenvalue weighted by atomic mass is 10.1. The maximum atomic E-state index is 12.4. The van der Waals surface area contributed by atoms with Crippen LogP contribution < -0.4 is 11.1 Å². The number of nitrogens with one attached hydrogen (secondary N) is 1. The van der Waals surface area contributed by atoms with Crippen molar-refractivity contribution >= 4 is 44.9 Å². The van der Waals surface area contributed by atoms with Crippen LogP contribution in [0.15, 0.2) is 12.3 Å². The minimum absolute atomic E-state index is 0.0919. The van der Waals surface area contributed by atoms with E-state index in [0.717, 1.165) is 28.0 Å². The van der Waals surface area contributed by atoms with Crippen molar-refractivity contribution in [2.45, 2.75) is 26.3 Å². The summed E-state index contributed by atoms with van der Waals surface area (Å²) in [6.07, 6.45) is 4.70. The van der Waals surface area contributed by atoms with Gasteiger partial charge in [0, 0.05) is 23.4 Å². The molecule has 0 aliphatic rings. The fraction of sp³-hybridized carbons (Fsp3) is 0.429. The zero-order valence-electron chi connectivity index (χ0n) is 11.9. The Hall–Kier alpha value is -1.27. The number of rotatable bonds is 5. The maximum Gasteiger partial charge on any atom is 0.263 e. The number of aromatic nitrogens is 1. The van der Waals surface area contributed by atoms with Gasteiger partial charge in [0.25, 0.3) is 5.91 Å². The van der Waals surface area contributed by atoms with Crippen molar-refractivity contribution in [1.82, 2.24) is 10.3 Å². The zero-order valence-corrected chi connectivity index (χ0v) is 13.5. The molecular weight excluding hydrogens is 290 g/mol. The molecule has 2 rings (SSSR count). The van der Waals surface area contributed by atoms with Gasteiger partial charge in [0.15, 0.2) is 0 Å². The monoisotopic (exact) mass is 309 g/mol. The number of anilines is 1. The first-order valence-corrected chi connectivity index (χ1v) is 8.72. The van der Waals surface area contributed by atoms with Crippen molar-refractivity contribution in [2.24, 2.45) is 0 Å². The summed E-state index contributed by atoms with van der Waals surface area (Å²) in [5.74, 6) is 0.815. The summed E-state index contributed by atoms with van der Waals surface area (Å²) >= 11 is 3.09. The Kier molecular flexibility index (Phi) is 4.88. The van der Waals surface area contributed by atoms with Gasteiger partial charge in [-0.05, 0) is 31.2 Å². The van der Waals surface area contributed by atoms with Gasteiger partial charge in [-0.25, -0.2) is 4.98 Å². The van der Waals surface area contributed by atoms with Crippen molar-refractivity contribution < 1.29 is 4.79 Å². The molecule has 0 fully saturated rings. The quantitative estimate of drug-likeness (QED) is 0.890. The number of nitrogen functional groups attached to an aromatic ring is 1. The highest BCUT2D eigenvalue weighted by Crippen LogP contribution is 2.34. The first-order valence-electron chi connectivity index (χ1n) is 6.51. The van der Waals surface area contributed by atoms with Crippen molar-refractivity contribution in [3.63, 3.8) is 0 Å². The number of nitrogens with two attached hydrogens (primary N) is 1. The Balaban J connectivity index is 2.31. The van der Waals surface area contributed by atoms with E-state index in [0.29, 0.717) is 10.6 Å². The molecule has 2 aromatic heterocycles. The summed E-state index contributed by atoms with van der Waals surface area (Å²) in [6.45, 7) is 4.05. The minimum atomic E-state index is -0.0919. The molecule has 4 nitrogen and oxygen atoms in total. The van der Waals surface area contributed by atoms with Crippen molar-refractivity contribution in [1.29, 1.82) is 0 Å². The number of amides is 1. The van der Waals surface area contributed by atoms with Gasteiger partial charge in [0.2, 0.25) is 0 Å². The summed E-state index contributed by atoms with van der Waals surface area (Å²) in [5, 5.41) is 3.95. The van der Waals surface area contributed by atoms with Gasteiger partial charge in [0.05, 0.1) is 5.69 Å². The van der Waals surface area contributed by atoms with Crippen LogP contribution in [0.1, 0.15) is 28.6 Å². The van der Waals surface area contributed by atoms with Crippen LogP contribution in [0.4, 0.5) is 5.69 Å². The van der Waals surface area contributed by atoms with Crippen LogP contribution in [0.5, 0.6) is 0 Å². The number of thiophene rings is 1. The van der Waals surface area contributed by atoms with Crippen LogP contribution >= 0.6 is 23.1 Å². The van der Waals surface area contributed by atoms with Crippen molar-refractivity contribution in [3.8, 4) is 0 Å². The SMILES string of the molecule is CCC(CSC)NC(=O)c1sc2nccc(C)c2c1N. The molecule has 108 valence electrons. The van der Waals surface area contributed by atoms with E-state index in [1.807, 2.05) is 19.2 Å². The standard InChI is InChI=1S/C14H19N3OS2/c1-4-9(7-19-3)17-13(18)12-11(15)10-8(2)5-6-16-14(10)20-12/h5-6,9H,4,7,15H2,1-3H3,(H,17,18). The average Bonchev–Trinajstić information content (AvgIpc) is 2.77. The number of carbonyl (C=O) groups is 1. The fourth-order valence-electron chi connectivity index (χ4n) is 2.09. The van der Waals surface area contributed by atoms with Crippen LogP contribution in [-0.2, 0) is 0 Å². The van der Waals surface area contributed by atoms with Gasteiger partial charge in [-0.2, -0.15) is 11.8 Å². The van der Waals surface area contributed by atoms with Gasteiger partial charge in [-0.3, -0.25) is 4.79 Å². The number of hydrogen-bond acceptors (Lipinski definition) is 5. The molecule has 2 heterocycles. The van der Waals surface area contributed by atoms with E-state index in [-0.39, 0.29) is 11.9 Å². The molecule has 1 unspecified atom stereocenters. The number of thioether (sulfide) groups is 1. The molecule has 0 aromatic carbocycles. The number of fused-ring (bicyclic) bond motifs is 1. The zero-order chi connectivity index (χ0) is 14.7. The summed E-state index contributed by atoms with van der Waals surface area (Å²) in [5.41, 5.74) is 7.74. The largest absolute Gasteiger partial charge is 0.397 e. The smallest absolute Gasteiger partial charge is 0.263 e. The molecule has 1 amide bonds. The lowest BCUT2D eigenvalue weighted by molar-refractivity contribution is 0.0945. The van der Waals surface area contributed by atoms with Gasteiger partial charge in [0.1, 0.15) is 9.71 Å². The van der Waals surface area contributed by atoms with Gasteiger partial charge < -0.3 is 11.1 Å². The van der Waals surface area contributed by atoms with Crippen LogP contribution in [0.3, 0.4) is 0 Å². The fourth-order valence-corrected chi connectivity index (χ4v) is 3.85. The second-order valence-electron chi connectivity index (χ2n) is 4.69. The Labute approximate surface area is 127 Å². The van der Waals surface area contributed by atoms with Gasteiger partial charge in [-0.1, -0.05) is 6.92 Å². The van der Waals surface area contributed by atoms with E-state index < -0.39 is 0 Å². The predicted octanol–water partition coefficient (Wildman–Crippen LogP) is 3.06. The van der Waals surface area contributed by atoms with Crippen LogP contribution in [0.25, 0.3) is 10.2 Å². The van der Waals surface area contributed by atoms with Crippen LogP contribution in [-0.4, -0.2) is 28.9 Å².